The van der Waals surface area contributed by atoms with Crippen molar-refractivity contribution in [2.75, 3.05) is 0 Å². The summed E-state index contributed by atoms with van der Waals surface area (Å²) in [6, 6.07) is 9.10. The number of nitrogens with one attached hydrogen (secondary N) is 2. The Morgan fingerprint density at radius 1 is 1.19 bits per heavy atom. The van der Waals surface area contributed by atoms with Crippen molar-refractivity contribution in [1.29, 1.82) is 0 Å². The van der Waals surface area contributed by atoms with Crippen molar-refractivity contribution in [2.24, 2.45) is 0 Å². The maximum Gasteiger partial charge on any atom is 0.249 e. The van der Waals surface area contributed by atoms with Crippen molar-refractivity contribution in [3.8, 4) is 0 Å². The monoisotopic (exact) mass is 286 g/mol. The lowest BCUT2D eigenvalue weighted by molar-refractivity contribution is -0.139. The average molecular weight is 286 g/mol. The largest absolute Gasteiger partial charge is 0.344 e. The fraction of sp³-hybridized carbons (Fsp3) is 0.438. The number of benzene rings is 1. The summed E-state index contributed by atoms with van der Waals surface area (Å²) in [5, 5.41) is 5.10. The first-order chi connectivity index (χ1) is 10.1. The van der Waals surface area contributed by atoms with Crippen molar-refractivity contribution in [1.82, 2.24) is 10.6 Å². The number of carbonyl (C=O) groups is 3. The van der Waals surface area contributed by atoms with Gasteiger partial charge in [0.2, 0.25) is 17.7 Å². The lowest BCUT2D eigenvalue weighted by atomic mass is 9.63. The molecule has 3 amide bonds. The van der Waals surface area contributed by atoms with Gasteiger partial charge in [-0.05, 0) is 24.8 Å². The van der Waals surface area contributed by atoms with Gasteiger partial charge in [0.1, 0.15) is 6.04 Å². The van der Waals surface area contributed by atoms with Crippen LogP contribution < -0.4 is 10.6 Å². The first-order valence-electron chi connectivity index (χ1n) is 7.32. The van der Waals surface area contributed by atoms with Crippen LogP contribution in [0, 0.1) is 0 Å². The van der Waals surface area contributed by atoms with Crippen LogP contribution in [-0.4, -0.2) is 23.8 Å². The molecule has 1 saturated heterocycles. The molecule has 0 radical (unpaired) electrons. The quantitative estimate of drug-likeness (QED) is 0.815. The predicted octanol–water partition coefficient (Wildman–Crippen LogP) is 1.03. The van der Waals surface area contributed by atoms with Crippen molar-refractivity contribution >= 4 is 17.7 Å². The highest BCUT2D eigenvalue weighted by Crippen LogP contribution is 2.44. The first-order valence-corrected chi connectivity index (χ1v) is 7.32. The third-order valence-corrected chi connectivity index (χ3v) is 4.51. The summed E-state index contributed by atoms with van der Waals surface area (Å²) >= 11 is 0. The molecule has 1 saturated carbocycles. The van der Waals surface area contributed by atoms with Crippen LogP contribution in [-0.2, 0) is 19.8 Å². The summed E-state index contributed by atoms with van der Waals surface area (Å²) < 4.78 is 0. The maximum absolute atomic E-state index is 12.7. The van der Waals surface area contributed by atoms with Crippen molar-refractivity contribution in [3.05, 3.63) is 35.9 Å². The number of imide groups is 1. The van der Waals surface area contributed by atoms with Crippen LogP contribution in [0.1, 0.15) is 37.7 Å². The SMILES string of the molecule is O=C1CCC(NC(=O)C2(c3ccccc3)CCC2)C(=O)N1. The molecule has 0 bridgehead atoms. The Hall–Kier alpha value is -2.17. The Kier molecular flexibility index (Phi) is 3.49. The van der Waals surface area contributed by atoms with Crippen LogP contribution in [0.4, 0.5) is 0 Å². The molecular weight excluding hydrogens is 268 g/mol. The highest BCUT2D eigenvalue weighted by atomic mass is 16.2. The molecule has 2 N–H and O–H groups in total. The fourth-order valence-electron chi connectivity index (χ4n) is 3.06. The minimum absolute atomic E-state index is 0.102. The van der Waals surface area contributed by atoms with Gasteiger partial charge >= 0.3 is 0 Å². The van der Waals surface area contributed by atoms with Gasteiger partial charge in [0, 0.05) is 6.42 Å². The minimum Gasteiger partial charge on any atom is -0.344 e. The highest BCUT2D eigenvalue weighted by Gasteiger charge is 2.46. The Bertz CT molecular complexity index is 578. The van der Waals surface area contributed by atoms with Gasteiger partial charge in [-0.3, -0.25) is 19.7 Å². The lowest BCUT2D eigenvalue weighted by Crippen LogP contribution is -2.58. The van der Waals surface area contributed by atoms with Gasteiger partial charge < -0.3 is 5.32 Å². The van der Waals surface area contributed by atoms with Gasteiger partial charge in [-0.1, -0.05) is 36.8 Å². The summed E-state index contributed by atoms with van der Waals surface area (Å²) in [7, 11) is 0. The summed E-state index contributed by atoms with van der Waals surface area (Å²) in [4.78, 5) is 35.6. The van der Waals surface area contributed by atoms with Crippen molar-refractivity contribution < 1.29 is 14.4 Å². The van der Waals surface area contributed by atoms with Crippen molar-refractivity contribution in [3.63, 3.8) is 0 Å². The van der Waals surface area contributed by atoms with Gasteiger partial charge in [0.05, 0.1) is 5.41 Å². The van der Waals surface area contributed by atoms with Gasteiger partial charge in [-0.25, -0.2) is 0 Å². The van der Waals surface area contributed by atoms with Crippen LogP contribution in [0.5, 0.6) is 0 Å². The number of hydrogen-bond acceptors (Lipinski definition) is 3. The third kappa shape index (κ3) is 2.44. The summed E-state index contributed by atoms with van der Waals surface area (Å²) in [5.41, 5.74) is 0.490. The molecule has 1 aliphatic heterocycles. The smallest absolute Gasteiger partial charge is 0.249 e. The number of piperidine rings is 1. The average Bonchev–Trinajstić information content (AvgIpc) is 2.42. The van der Waals surface area contributed by atoms with E-state index in [2.05, 4.69) is 10.6 Å². The Balaban J connectivity index is 1.75. The van der Waals surface area contributed by atoms with E-state index in [1.165, 1.54) is 0 Å². The standard InChI is InChI=1S/C16H18N2O3/c19-13-8-7-12(14(20)18-13)17-15(21)16(9-4-10-16)11-5-2-1-3-6-11/h1-3,5-6,12H,4,7-10H2,(H,17,21)(H,18,19,20). The van der Waals surface area contributed by atoms with Crippen LogP contribution in [0.3, 0.4) is 0 Å². The van der Waals surface area contributed by atoms with E-state index in [0.717, 1.165) is 24.8 Å². The maximum atomic E-state index is 12.7. The molecule has 0 aromatic heterocycles. The van der Waals surface area contributed by atoms with Crippen LogP contribution in [0.15, 0.2) is 30.3 Å². The molecule has 2 aliphatic rings. The molecule has 21 heavy (non-hydrogen) atoms. The second-order valence-electron chi connectivity index (χ2n) is 5.78. The van der Waals surface area contributed by atoms with Crippen molar-refractivity contribution in [2.45, 2.75) is 43.6 Å². The third-order valence-electron chi connectivity index (χ3n) is 4.51. The summed E-state index contributed by atoms with van der Waals surface area (Å²) in [6.45, 7) is 0. The van der Waals surface area contributed by atoms with E-state index in [-0.39, 0.29) is 18.2 Å². The molecule has 0 spiro atoms. The molecule has 1 aliphatic carbocycles. The lowest BCUT2D eigenvalue weighted by Gasteiger charge is -2.41. The van der Waals surface area contributed by atoms with Gasteiger partial charge in [0.15, 0.2) is 0 Å². The highest BCUT2D eigenvalue weighted by molar-refractivity contribution is 6.02. The molecule has 110 valence electrons. The van der Waals surface area contributed by atoms with E-state index in [9.17, 15) is 14.4 Å². The van der Waals surface area contributed by atoms with Gasteiger partial charge in [-0.2, -0.15) is 0 Å². The van der Waals surface area contributed by atoms with Crippen LogP contribution in [0.2, 0.25) is 0 Å². The molecule has 3 rings (SSSR count). The van der Waals surface area contributed by atoms with E-state index >= 15 is 0 Å². The van der Waals surface area contributed by atoms with E-state index in [1.54, 1.807) is 0 Å². The molecule has 1 aromatic rings. The molecule has 1 aromatic carbocycles. The molecule has 1 atom stereocenters. The Morgan fingerprint density at radius 2 is 1.90 bits per heavy atom. The molecule has 5 nitrogen and oxygen atoms in total. The number of amides is 3. The molecule has 1 heterocycles. The van der Waals surface area contributed by atoms with Crippen LogP contribution >= 0.6 is 0 Å². The summed E-state index contributed by atoms with van der Waals surface area (Å²) in [6.07, 6.45) is 3.26. The molecular formula is C16H18N2O3. The van der Waals surface area contributed by atoms with Gasteiger partial charge in [0.25, 0.3) is 0 Å². The van der Waals surface area contributed by atoms with Crippen LogP contribution in [0.25, 0.3) is 0 Å². The number of carbonyl (C=O) groups excluding carboxylic acids is 3. The molecule has 1 unspecified atom stereocenters. The number of hydrogen-bond donors (Lipinski definition) is 2. The zero-order valence-corrected chi connectivity index (χ0v) is 11.7. The topological polar surface area (TPSA) is 75.3 Å². The normalized spacial score (nSPS) is 23.9. The summed E-state index contributed by atoms with van der Waals surface area (Å²) in [5.74, 6) is -0.775. The first kappa shape index (κ1) is 13.8. The Labute approximate surface area is 123 Å². The zero-order valence-electron chi connectivity index (χ0n) is 11.7. The number of rotatable bonds is 3. The second-order valence-corrected chi connectivity index (χ2v) is 5.78. The van der Waals surface area contributed by atoms with E-state index in [4.69, 9.17) is 0 Å². The molecule has 2 fully saturated rings. The second kappa shape index (κ2) is 5.31. The van der Waals surface area contributed by atoms with E-state index in [0.29, 0.717) is 6.42 Å². The molecule has 5 heteroatoms. The van der Waals surface area contributed by atoms with E-state index < -0.39 is 17.4 Å². The fourth-order valence-corrected chi connectivity index (χ4v) is 3.06. The predicted molar refractivity (Wildman–Crippen MR) is 76.3 cm³/mol. The Morgan fingerprint density at radius 3 is 2.48 bits per heavy atom. The van der Waals surface area contributed by atoms with Gasteiger partial charge in [-0.15, -0.1) is 0 Å². The zero-order chi connectivity index (χ0) is 14.9. The minimum atomic E-state index is -0.601. The van der Waals surface area contributed by atoms with E-state index in [1.807, 2.05) is 30.3 Å².